The molecule has 7 atom stereocenters. The standard InChI is InChI=1S/C28H45FO2/c1-18(9-7-15-27(4,5)29)23-13-14-24-21(10-8-16-28(23,24)6)11-12-22-17-25(30)20(3)26(31)19(22)2/h11-12,18,20,23-26,30-31H,2,7-10,13-17H2,1,3-6H3/b21-11+,22-12-/t18-,20-,23+,24-,25-,26+,28+/m0/s1. The summed E-state index contributed by atoms with van der Waals surface area (Å²) in [6, 6.07) is 0. The van der Waals surface area contributed by atoms with Crippen molar-refractivity contribution >= 4 is 0 Å². The molecule has 0 radical (unpaired) electrons. The molecule has 176 valence electrons. The molecule has 0 unspecified atom stereocenters. The average molecular weight is 433 g/mol. The maximum atomic E-state index is 13.9. The Labute approximate surface area is 189 Å². The summed E-state index contributed by atoms with van der Waals surface area (Å²) in [5.41, 5.74) is 2.58. The Balaban J connectivity index is 1.71. The molecule has 0 aliphatic heterocycles. The number of hydrogen-bond donors (Lipinski definition) is 2. The largest absolute Gasteiger partial charge is 0.392 e. The van der Waals surface area contributed by atoms with E-state index in [1.165, 1.54) is 31.3 Å². The Morgan fingerprint density at radius 1 is 1.26 bits per heavy atom. The predicted molar refractivity (Wildman–Crippen MR) is 127 cm³/mol. The zero-order valence-corrected chi connectivity index (χ0v) is 20.5. The lowest BCUT2D eigenvalue weighted by atomic mass is 9.60. The molecule has 3 fully saturated rings. The van der Waals surface area contributed by atoms with Crippen molar-refractivity contribution in [3.05, 3.63) is 35.5 Å². The quantitative estimate of drug-likeness (QED) is 0.478. The molecule has 0 aromatic carbocycles. The van der Waals surface area contributed by atoms with Crippen molar-refractivity contribution in [2.45, 2.75) is 110 Å². The van der Waals surface area contributed by atoms with Crippen LogP contribution in [0.3, 0.4) is 0 Å². The number of rotatable bonds is 6. The summed E-state index contributed by atoms with van der Waals surface area (Å²) in [7, 11) is 0. The van der Waals surface area contributed by atoms with Gasteiger partial charge in [0.05, 0.1) is 12.2 Å². The van der Waals surface area contributed by atoms with E-state index in [1.54, 1.807) is 13.8 Å². The van der Waals surface area contributed by atoms with E-state index in [2.05, 4.69) is 32.6 Å². The third-order valence-electron chi connectivity index (χ3n) is 8.96. The van der Waals surface area contributed by atoms with Gasteiger partial charge in [0.2, 0.25) is 0 Å². The molecule has 3 aliphatic carbocycles. The van der Waals surface area contributed by atoms with Crippen LogP contribution in [0.25, 0.3) is 0 Å². The van der Waals surface area contributed by atoms with E-state index >= 15 is 0 Å². The second-order valence-electron chi connectivity index (χ2n) is 11.7. The van der Waals surface area contributed by atoms with Gasteiger partial charge < -0.3 is 10.2 Å². The average Bonchev–Trinajstić information content (AvgIpc) is 3.04. The van der Waals surface area contributed by atoms with E-state index in [1.807, 2.05) is 6.92 Å². The number of alkyl halides is 1. The SMILES string of the molecule is C=C1/C(=C\C=C2/CCC[C@]3(C)[C@@H]([C@@H](C)CCCC(C)(C)F)CC[C@@H]23)C[C@H](O)[C@H](C)[C@@H]1O. The van der Waals surface area contributed by atoms with Gasteiger partial charge in [-0.1, -0.05) is 57.9 Å². The van der Waals surface area contributed by atoms with Crippen molar-refractivity contribution in [3.63, 3.8) is 0 Å². The van der Waals surface area contributed by atoms with E-state index in [0.29, 0.717) is 36.0 Å². The summed E-state index contributed by atoms with van der Waals surface area (Å²) >= 11 is 0. The Morgan fingerprint density at radius 3 is 2.65 bits per heavy atom. The number of aliphatic hydroxyl groups is 2. The van der Waals surface area contributed by atoms with Crippen molar-refractivity contribution in [3.8, 4) is 0 Å². The molecule has 31 heavy (non-hydrogen) atoms. The van der Waals surface area contributed by atoms with E-state index in [4.69, 9.17) is 0 Å². The number of allylic oxidation sites excluding steroid dienone is 3. The van der Waals surface area contributed by atoms with Gasteiger partial charge >= 0.3 is 0 Å². The Hall–Kier alpha value is -0.930. The topological polar surface area (TPSA) is 40.5 Å². The molecule has 2 N–H and O–H groups in total. The predicted octanol–water partition coefficient (Wildman–Crippen LogP) is 6.93. The monoisotopic (exact) mass is 432 g/mol. The van der Waals surface area contributed by atoms with Crippen molar-refractivity contribution in [1.82, 2.24) is 0 Å². The summed E-state index contributed by atoms with van der Waals surface area (Å²) < 4.78 is 13.9. The maximum Gasteiger partial charge on any atom is 0.105 e. The van der Waals surface area contributed by atoms with Gasteiger partial charge in [0, 0.05) is 5.92 Å². The molecule has 0 amide bonds. The van der Waals surface area contributed by atoms with Crippen LogP contribution in [0.1, 0.15) is 92.4 Å². The van der Waals surface area contributed by atoms with Crippen LogP contribution in [0.4, 0.5) is 4.39 Å². The summed E-state index contributed by atoms with van der Waals surface area (Å²) in [4.78, 5) is 0. The van der Waals surface area contributed by atoms with Crippen LogP contribution >= 0.6 is 0 Å². The molecule has 0 aromatic heterocycles. The second kappa shape index (κ2) is 9.51. The number of halogens is 1. The van der Waals surface area contributed by atoms with Crippen LogP contribution in [-0.2, 0) is 0 Å². The maximum absolute atomic E-state index is 13.9. The molecule has 2 nitrogen and oxygen atoms in total. The lowest BCUT2D eigenvalue weighted by Gasteiger charge is -2.44. The summed E-state index contributed by atoms with van der Waals surface area (Å²) in [6.45, 7) is 14.3. The zero-order valence-electron chi connectivity index (χ0n) is 20.5. The number of hydrogen-bond acceptors (Lipinski definition) is 2. The fraction of sp³-hybridized carbons (Fsp3) is 0.786. The van der Waals surface area contributed by atoms with Gasteiger partial charge in [-0.05, 0) is 93.1 Å². The van der Waals surface area contributed by atoms with Gasteiger partial charge in [0.1, 0.15) is 5.67 Å². The molecule has 3 rings (SSSR count). The molecule has 0 spiro atoms. The summed E-state index contributed by atoms with van der Waals surface area (Å²) in [6.07, 6.45) is 12.8. The van der Waals surface area contributed by atoms with Crippen LogP contribution in [0, 0.1) is 29.1 Å². The molecular formula is C28H45FO2. The first-order chi connectivity index (χ1) is 14.4. The Bertz CT molecular complexity index is 715. The third kappa shape index (κ3) is 5.36. The summed E-state index contributed by atoms with van der Waals surface area (Å²) in [5, 5.41) is 20.7. The highest BCUT2D eigenvalue weighted by Crippen LogP contribution is 2.60. The highest BCUT2D eigenvalue weighted by molar-refractivity contribution is 5.39. The number of aliphatic hydroxyl groups excluding tert-OH is 2. The first-order valence-corrected chi connectivity index (χ1v) is 12.6. The lowest BCUT2D eigenvalue weighted by Crippen LogP contribution is -2.36. The first kappa shape index (κ1) is 24.7. The fourth-order valence-corrected chi connectivity index (χ4v) is 6.90. The smallest absolute Gasteiger partial charge is 0.105 e. The fourth-order valence-electron chi connectivity index (χ4n) is 6.90. The van der Waals surface area contributed by atoms with Crippen LogP contribution in [-0.4, -0.2) is 28.1 Å². The van der Waals surface area contributed by atoms with Gasteiger partial charge in [-0.15, -0.1) is 0 Å². The van der Waals surface area contributed by atoms with Crippen LogP contribution < -0.4 is 0 Å². The second-order valence-corrected chi connectivity index (χ2v) is 11.7. The van der Waals surface area contributed by atoms with Gasteiger partial charge in [0.25, 0.3) is 0 Å². The minimum Gasteiger partial charge on any atom is -0.392 e. The highest BCUT2D eigenvalue weighted by Gasteiger charge is 2.50. The molecule has 0 saturated heterocycles. The van der Waals surface area contributed by atoms with Crippen LogP contribution in [0.15, 0.2) is 35.5 Å². The van der Waals surface area contributed by atoms with Crippen LogP contribution in [0.2, 0.25) is 0 Å². The normalized spacial score (nSPS) is 40.4. The van der Waals surface area contributed by atoms with E-state index in [0.717, 1.165) is 30.4 Å². The molecule has 0 aromatic rings. The molecule has 3 aliphatic rings. The Morgan fingerprint density at radius 2 is 1.97 bits per heavy atom. The van der Waals surface area contributed by atoms with Crippen molar-refractivity contribution in [2.24, 2.45) is 29.1 Å². The Kier molecular flexibility index (Phi) is 7.58. The van der Waals surface area contributed by atoms with Crippen molar-refractivity contribution < 1.29 is 14.6 Å². The minimum absolute atomic E-state index is 0.157. The molecule has 0 bridgehead atoms. The minimum atomic E-state index is -1.06. The van der Waals surface area contributed by atoms with Gasteiger partial charge in [-0.25, -0.2) is 4.39 Å². The van der Waals surface area contributed by atoms with Gasteiger partial charge in [-0.3, -0.25) is 0 Å². The third-order valence-corrected chi connectivity index (χ3v) is 8.96. The lowest BCUT2D eigenvalue weighted by molar-refractivity contribution is 0.0283. The zero-order chi connectivity index (χ0) is 23.0. The number of fused-ring (bicyclic) bond motifs is 1. The van der Waals surface area contributed by atoms with E-state index < -0.39 is 17.9 Å². The first-order valence-electron chi connectivity index (χ1n) is 12.6. The van der Waals surface area contributed by atoms with Crippen molar-refractivity contribution in [1.29, 1.82) is 0 Å². The summed E-state index contributed by atoms with van der Waals surface area (Å²) in [5.74, 6) is 1.81. The molecular weight excluding hydrogens is 387 g/mol. The molecule has 3 heteroatoms. The molecule has 0 heterocycles. The van der Waals surface area contributed by atoms with Crippen molar-refractivity contribution in [2.75, 3.05) is 0 Å². The highest BCUT2D eigenvalue weighted by atomic mass is 19.1. The van der Waals surface area contributed by atoms with Crippen LogP contribution in [0.5, 0.6) is 0 Å². The van der Waals surface area contributed by atoms with E-state index in [-0.39, 0.29) is 5.92 Å². The molecule has 3 saturated carbocycles. The van der Waals surface area contributed by atoms with Gasteiger partial charge in [0.15, 0.2) is 0 Å². The van der Waals surface area contributed by atoms with E-state index in [9.17, 15) is 14.6 Å². The van der Waals surface area contributed by atoms with Gasteiger partial charge in [-0.2, -0.15) is 0 Å².